The smallest absolute Gasteiger partial charge is 0.153 e. The van der Waals surface area contributed by atoms with E-state index in [-0.39, 0.29) is 5.75 Å². The molecule has 0 unspecified atom stereocenters. The number of nitrogens with two attached hydrogens (primary N) is 1. The Labute approximate surface area is 108 Å². The fourth-order valence-electron chi connectivity index (χ4n) is 1.30. The molecule has 0 spiro atoms. The van der Waals surface area contributed by atoms with Crippen molar-refractivity contribution in [2.45, 2.75) is 0 Å². The van der Waals surface area contributed by atoms with Crippen molar-refractivity contribution in [2.75, 3.05) is 11.1 Å². The van der Waals surface area contributed by atoms with Crippen LogP contribution in [0.25, 0.3) is 0 Å². The highest BCUT2D eigenvalue weighted by molar-refractivity contribution is 6.31. The second kappa shape index (κ2) is 4.69. The number of pyridine rings is 1. The van der Waals surface area contributed by atoms with Crippen LogP contribution in [0, 0.1) is 0 Å². The Bertz CT molecular complexity index is 560. The molecule has 0 bridgehead atoms. The predicted octanol–water partition coefficient (Wildman–Crippen LogP) is 3.42. The minimum absolute atomic E-state index is 0.0607. The number of aromatic nitrogens is 1. The summed E-state index contributed by atoms with van der Waals surface area (Å²) in [4.78, 5) is 4.02. The molecule has 0 saturated carbocycles. The average molecular weight is 270 g/mol. The molecule has 1 aromatic heterocycles. The topological polar surface area (TPSA) is 71.2 Å². The van der Waals surface area contributed by atoms with Gasteiger partial charge in [0.25, 0.3) is 0 Å². The van der Waals surface area contributed by atoms with E-state index in [0.717, 1.165) is 0 Å². The summed E-state index contributed by atoms with van der Waals surface area (Å²) in [6.45, 7) is 0. The first-order chi connectivity index (χ1) is 8.06. The number of hydrogen-bond acceptors (Lipinski definition) is 4. The zero-order chi connectivity index (χ0) is 12.4. The number of halogens is 2. The number of nitrogen functional groups attached to an aromatic ring is 1. The zero-order valence-electron chi connectivity index (χ0n) is 8.61. The van der Waals surface area contributed by atoms with Gasteiger partial charge in [-0.1, -0.05) is 23.2 Å². The van der Waals surface area contributed by atoms with Crippen LogP contribution in [0.1, 0.15) is 0 Å². The molecule has 2 aromatic rings. The highest BCUT2D eigenvalue weighted by atomic mass is 35.5. The molecule has 4 nitrogen and oxygen atoms in total. The van der Waals surface area contributed by atoms with Gasteiger partial charge in [0.15, 0.2) is 5.82 Å². The average Bonchev–Trinajstić information content (AvgIpc) is 2.27. The lowest BCUT2D eigenvalue weighted by atomic mass is 10.3. The van der Waals surface area contributed by atoms with Gasteiger partial charge in [-0.2, -0.15) is 0 Å². The van der Waals surface area contributed by atoms with E-state index in [1.165, 1.54) is 12.3 Å². The molecule has 4 N–H and O–H groups in total. The number of rotatable bonds is 2. The van der Waals surface area contributed by atoms with Crippen LogP contribution >= 0.6 is 23.2 Å². The molecule has 0 amide bonds. The van der Waals surface area contributed by atoms with Gasteiger partial charge in [0.1, 0.15) is 5.75 Å². The van der Waals surface area contributed by atoms with E-state index in [9.17, 15) is 5.11 Å². The maximum absolute atomic E-state index is 9.63. The summed E-state index contributed by atoms with van der Waals surface area (Å²) >= 11 is 11.6. The second-order valence-electron chi connectivity index (χ2n) is 3.38. The first kappa shape index (κ1) is 11.8. The van der Waals surface area contributed by atoms with Gasteiger partial charge in [0.2, 0.25) is 0 Å². The fourth-order valence-corrected chi connectivity index (χ4v) is 1.63. The van der Waals surface area contributed by atoms with Gasteiger partial charge in [-0.15, -0.1) is 0 Å². The normalized spacial score (nSPS) is 10.2. The van der Waals surface area contributed by atoms with Crippen LogP contribution in [0.15, 0.2) is 30.5 Å². The number of nitrogens with one attached hydrogen (secondary N) is 1. The molecule has 0 aliphatic rings. The molecular weight excluding hydrogens is 261 g/mol. The SMILES string of the molecule is Nc1cc(Cl)cnc1Nc1cc(Cl)ccc1O. The van der Waals surface area contributed by atoms with Crippen LogP contribution < -0.4 is 11.1 Å². The first-order valence-corrected chi connectivity index (χ1v) is 5.48. The number of aromatic hydroxyl groups is 1. The van der Waals surface area contributed by atoms with Crippen molar-refractivity contribution in [3.8, 4) is 5.75 Å². The van der Waals surface area contributed by atoms with E-state index in [2.05, 4.69) is 10.3 Å². The largest absolute Gasteiger partial charge is 0.506 e. The van der Waals surface area contributed by atoms with Gasteiger partial charge in [0.05, 0.1) is 16.4 Å². The third-order valence-electron chi connectivity index (χ3n) is 2.10. The Kier molecular flexibility index (Phi) is 3.26. The maximum Gasteiger partial charge on any atom is 0.153 e. The third kappa shape index (κ3) is 2.72. The third-order valence-corrected chi connectivity index (χ3v) is 2.54. The first-order valence-electron chi connectivity index (χ1n) is 4.73. The van der Waals surface area contributed by atoms with Gasteiger partial charge in [-0.25, -0.2) is 4.98 Å². The van der Waals surface area contributed by atoms with E-state index < -0.39 is 0 Å². The monoisotopic (exact) mass is 269 g/mol. The predicted molar refractivity (Wildman–Crippen MR) is 70.1 cm³/mol. The van der Waals surface area contributed by atoms with Crippen LogP contribution in [0.3, 0.4) is 0 Å². The van der Waals surface area contributed by atoms with E-state index in [0.29, 0.717) is 27.2 Å². The maximum atomic E-state index is 9.63. The summed E-state index contributed by atoms with van der Waals surface area (Å²) < 4.78 is 0. The quantitative estimate of drug-likeness (QED) is 0.731. The Morgan fingerprint density at radius 1 is 1.18 bits per heavy atom. The van der Waals surface area contributed by atoms with Gasteiger partial charge in [-0.05, 0) is 24.3 Å². The van der Waals surface area contributed by atoms with Crippen LogP contribution in [-0.4, -0.2) is 10.1 Å². The summed E-state index contributed by atoms with van der Waals surface area (Å²) in [6, 6.07) is 6.21. The van der Waals surface area contributed by atoms with Gasteiger partial charge in [-0.3, -0.25) is 0 Å². The Morgan fingerprint density at radius 2 is 1.94 bits per heavy atom. The number of anilines is 3. The number of hydrogen-bond donors (Lipinski definition) is 3. The van der Waals surface area contributed by atoms with E-state index in [1.807, 2.05) is 0 Å². The molecule has 1 aromatic carbocycles. The molecule has 17 heavy (non-hydrogen) atoms. The number of nitrogens with zero attached hydrogens (tertiary/aromatic N) is 1. The molecule has 6 heteroatoms. The standard InChI is InChI=1S/C11H9Cl2N3O/c12-6-1-2-10(17)9(4-6)16-11-8(14)3-7(13)5-15-11/h1-5,17H,14H2,(H,15,16). The summed E-state index contributed by atoms with van der Waals surface area (Å²) in [5, 5.41) is 13.5. The molecule has 0 fully saturated rings. The zero-order valence-corrected chi connectivity index (χ0v) is 10.1. The molecule has 88 valence electrons. The van der Waals surface area contributed by atoms with Crippen molar-refractivity contribution in [3.05, 3.63) is 40.5 Å². The molecule has 1 heterocycles. The lowest BCUT2D eigenvalue weighted by Crippen LogP contribution is -1.99. The minimum atomic E-state index is 0.0607. The minimum Gasteiger partial charge on any atom is -0.506 e. The Hall–Kier alpha value is -1.65. The number of phenolic OH excluding ortho intramolecular Hbond substituents is 1. The highest BCUT2D eigenvalue weighted by Crippen LogP contribution is 2.31. The van der Waals surface area contributed by atoms with Gasteiger partial charge >= 0.3 is 0 Å². The fraction of sp³-hybridized carbons (Fsp3) is 0. The number of phenols is 1. The molecule has 2 rings (SSSR count). The Balaban J connectivity index is 2.34. The van der Waals surface area contributed by atoms with E-state index in [4.69, 9.17) is 28.9 Å². The lowest BCUT2D eigenvalue weighted by molar-refractivity contribution is 0.478. The van der Waals surface area contributed by atoms with E-state index >= 15 is 0 Å². The van der Waals surface area contributed by atoms with Crippen LogP contribution in [-0.2, 0) is 0 Å². The van der Waals surface area contributed by atoms with Gasteiger partial charge < -0.3 is 16.2 Å². The molecule has 0 aliphatic carbocycles. The molecule has 0 saturated heterocycles. The molecular formula is C11H9Cl2N3O. The molecule has 0 radical (unpaired) electrons. The van der Waals surface area contributed by atoms with Crippen LogP contribution in [0.2, 0.25) is 10.0 Å². The van der Waals surface area contributed by atoms with Crippen molar-refractivity contribution in [3.63, 3.8) is 0 Å². The van der Waals surface area contributed by atoms with Crippen molar-refractivity contribution >= 4 is 40.4 Å². The van der Waals surface area contributed by atoms with Crippen LogP contribution in [0.5, 0.6) is 5.75 Å². The summed E-state index contributed by atoms with van der Waals surface area (Å²) in [7, 11) is 0. The number of benzene rings is 1. The van der Waals surface area contributed by atoms with Gasteiger partial charge in [0, 0.05) is 11.2 Å². The second-order valence-corrected chi connectivity index (χ2v) is 4.25. The van der Waals surface area contributed by atoms with Crippen molar-refractivity contribution in [1.29, 1.82) is 0 Å². The molecule has 0 aliphatic heterocycles. The van der Waals surface area contributed by atoms with Crippen LogP contribution in [0.4, 0.5) is 17.2 Å². The van der Waals surface area contributed by atoms with Crippen molar-refractivity contribution in [2.24, 2.45) is 0 Å². The molecule has 0 atom stereocenters. The summed E-state index contributed by atoms with van der Waals surface area (Å²) in [5.41, 5.74) is 6.55. The highest BCUT2D eigenvalue weighted by Gasteiger charge is 2.06. The lowest BCUT2D eigenvalue weighted by Gasteiger charge is -2.10. The summed E-state index contributed by atoms with van der Waals surface area (Å²) in [5.74, 6) is 0.470. The van der Waals surface area contributed by atoms with E-state index in [1.54, 1.807) is 18.2 Å². The van der Waals surface area contributed by atoms with Crippen molar-refractivity contribution in [1.82, 2.24) is 4.98 Å². The summed E-state index contributed by atoms with van der Waals surface area (Å²) in [6.07, 6.45) is 1.46. The van der Waals surface area contributed by atoms with Crippen molar-refractivity contribution < 1.29 is 5.11 Å². The Morgan fingerprint density at radius 3 is 2.65 bits per heavy atom.